The molecule has 1 atom stereocenters. The molecule has 0 saturated carbocycles. The summed E-state index contributed by atoms with van der Waals surface area (Å²) in [5.74, 6) is 0.361. The Balaban J connectivity index is 2.08. The maximum atomic E-state index is 12.9. The van der Waals surface area contributed by atoms with Crippen molar-refractivity contribution in [3.8, 4) is 0 Å². The molecule has 0 aromatic heterocycles. The van der Waals surface area contributed by atoms with Crippen molar-refractivity contribution < 1.29 is 4.39 Å². The smallest absolute Gasteiger partial charge is 0.123 e. The first kappa shape index (κ1) is 15.2. The van der Waals surface area contributed by atoms with Gasteiger partial charge < -0.3 is 0 Å². The van der Waals surface area contributed by atoms with E-state index in [0.29, 0.717) is 5.92 Å². The van der Waals surface area contributed by atoms with Gasteiger partial charge in [0.1, 0.15) is 5.82 Å². The van der Waals surface area contributed by atoms with Crippen molar-refractivity contribution in [3.63, 3.8) is 0 Å². The number of aryl methyl sites for hydroxylation is 2. The molecule has 1 unspecified atom stereocenters. The van der Waals surface area contributed by atoms with Crippen molar-refractivity contribution in [2.45, 2.75) is 26.7 Å². The van der Waals surface area contributed by atoms with Crippen molar-refractivity contribution in [1.29, 1.82) is 0 Å². The Labute approximate surface area is 129 Å². The minimum Gasteiger partial charge on any atom is -0.207 e. The minimum absolute atomic E-state index is 0.168. The molecule has 0 amide bonds. The van der Waals surface area contributed by atoms with Gasteiger partial charge in [0.15, 0.2) is 0 Å². The fourth-order valence-corrected chi connectivity index (χ4v) is 2.92. The molecule has 0 nitrogen and oxygen atoms in total. The number of rotatable bonds is 5. The van der Waals surface area contributed by atoms with E-state index in [1.807, 2.05) is 12.1 Å². The lowest BCUT2D eigenvalue weighted by Gasteiger charge is -2.16. The molecule has 0 aliphatic rings. The monoisotopic (exact) mass is 334 g/mol. The van der Waals surface area contributed by atoms with Crippen LogP contribution >= 0.6 is 15.9 Å². The zero-order valence-electron chi connectivity index (χ0n) is 12.0. The van der Waals surface area contributed by atoms with Crippen molar-refractivity contribution in [2.75, 3.05) is 5.33 Å². The first-order chi connectivity index (χ1) is 9.58. The molecule has 0 fully saturated rings. The third-order valence-corrected chi connectivity index (χ3v) is 4.58. The highest BCUT2D eigenvalue weighted by Gasteiger charge is 2.11. The molecule has 0 saturated heterocycles. The molecule has 0 spiro atoms. The second kappa shape index (κ2) is 7.03. The van der Waals surface area contributed by atoms with Gasteiger partial charge in [0.2, 0.25) is 0 Å². The standard InChI is InChI=1S/C18H20BrF/c1-13-3-4-14(2)17(9-13)11-16(12-19)10-15-5-7-18(20)8-6-15/h3-9,16H,10-12H2,1-2H3. The van der Waals surface area contributed by atoms with Gasteiger partial charge in [-0.15, -0.1) is 0 Å². The van der Waals surface area contributed by atoms with Crippen molar-refractivity contribution in [2.24, 2.45) is 5.92 Å². The normalized spacial score (nSPS) is 12.4. The third-order valence-electron chi connectivity index (χ3n) is 3.67. The lowest BCUT2D eigenvalue weighted by Crippen LogP contribution is -2.11. The van der Waals surface area contributed by atoms with E-state index in [1.54, 1.807) is 12.1 Å². The Bertz CT molecular complexity index is 560. The predicted octanol–water partition coefficient (Wildman–Crippen LogP) is 5.24. The summed E-state index contributed by atoms with van der Waals surface area (Å²) in [7, 11) is 0. The predicted molar refractivity (Wildman–Crippen MR) is 87.0 cm³/mol. The molecule has 0 aliphatic carbocycles. The lowest BCUT2D eigenvalue weighted by atomic mass is 9.91. The second-order valence-electron chi connectivity index (χ2n) is 5.48. The first-order valence-electron chi connectivity index (χ1n) is 6.95. The van der Waals surface area contributed by atoms with Gasteiger partial charge in [-0.2, -0.15) is 0 Å². The number of hydrogen-bond donors (Lipinski definition) is 0. The van der Waals surface area contributed by atoms with Gasteiger partial charge in [-0.05, 0) is 61.4 Å². The molecular weight excluding hydrogens is 315 g/mol. The summed E-state index contributed by atoms with van der Waals surface area (Å²) in [6.07, 6.45) is 2.02. The Morgan fingerprint density at radius 2 is 1.70 bits per heavy atom. The van der Waals surface area contributed by atoms with Gasteiger partial charge in [0.25, 0.3) is 0 Å². The van der Waals surface area contributed by atoms with Gasteiger partial charge in [0.05, 0.1) is 0 Å². The molecule has 0 radical (unpaired) electrons. The van der Waals surface area contributed by atoms with E-state index in [1.165, 1.54) is 22.3 Å². The van der Waals surface area contributed by atoms with Crippen molar-refractivity contribution in [3.05, 3.63) is 70.5 Å². The quantitative estimate of drug-likeness (QED) is 0.656. The molecule has 0 bridgehead atoms. The highest BCUT2D eigenvalue weighted by Crippen LogP contribution is 2.20. The van der Waals surface area contributed by atoms with Gasteiger partial charge in [-0.1, -0.05) is 51.8 Å². The van der Waals surface area contributed by atoms with Crippen LogP contribution in [0.25, 0.3) is 0 Å². The summed E-state index contributed by atoms with van der Waals surface area (Å²) in [5.41, 5.74) is 5.26. The summed E-state index contributed by atoms with van der Waals surface area (Å²) in [5, 5.41) is 0.956. The Morgan fingerprint density at radius 1 is 1.00 bits per heavy atom. The van der Waals surface area contributed by atoms with E-state index >= 15 is 0 Å². The van der Waals surface area contributed by atoms with Gasteiger partial charge >= 0.3 is 0 Å². The minimum atomic E-state index is -0.168. The average molecular weight is 335 g/mol. The van der Waals surface area contributed by atoms with Crippen molar-refractivity contribution >= 4 is 15.9 Å². The van der Waals surface area contributed by atoms with Crippen LogP contribution in [0.4, 0.5) is 4.39 Å². The third kappa shape index (κ3) is 4.17. The van der Waals surface area contributed by atoms with Crippen LogP contribution in [0.5, 0.6) is 0 Å². The molecule has 0 heterocycles. The largest absolute Gasteiger partial charge is 0.207 e. The topological polar surface area (TPSA) is 0 Å². The Morgan fingerprint density at radius 3 is 2.35 bits per heavy atom. The molecular formula is C18H20BrF. The average Bonchev–Trinajstić information content (AvgIpc) is 2.44. The molecule has 0 N–H and O–H groups in total. The van der Waals surface area contributed by atoms with Gasteiger partial charge in [-0.25, -0.2) is 4.39 Å². The summed E-state index contributed by atoms with van der Waals surface area (Å²) in [6, 6.07) is 13.5. The fraction of sp³-hybridized carbons (Fsp3) is 0.333. The maximum absolute atomic E-state index is 12.9. The number of alkyl halides is 1. The molecule has 2 rings (SSSR count). The van der Waals surface area contributed by atoms with E-state index in [-0.39, 0.29) is 5.82 Å². The molecule has 0 aliphatic heterocycles. The van der Waals surface area contributed by atoms with Crippen LogP contribution in [0.3, 0.4) is 0 Å². The van der Waals surface area contributed by atoms with E-state index < -0.39 is 0 Å². The number of benzene rings is 2. The van der Waals surface area contributed by atoms with Crippen LogP contribution in [0.2, 0.25) is 0 Å². The fourth-order valence-electron chi connectivity index (χ4n) is 2.47. The van der Waals surface area contributed by atoms with Crippen LogP contribution in [0.15, 0.2) is 42.5 Å². The zero-order chi connectivity index (χ0) is 14.5. The lowest BCUT2D eigenvalue weighted by molar-refractivity contribution is 0.586. The molecule has 2 heteroatoms. The van der Waals surface area contributed by atoms with Gasteiger partial charge in [-0.3, -0.25) is 0 Å². The number of halogens is 2. The summed E-state index contributed by atoms with van der Waals surface area (Å²) < 4.78 is 12.9. The van der Waals surface area contributed by atoms with Crippen LogP contribution in [-0.2, 0) is 12.8 Å². The Hall–Kier alpha value is -1.15. The summed E-state index contributed by atoms with van der Waals surface area (Å²) >= 11 is 3.61. The molecule has 20 heavy (non-hydrogen) atoms. The van der Waals surface area contributed by atoms with Gasteiger partial charge in [0, 0.05) is 5.33 Å². The van der Waals surface area contributed by atoms with E-state index in [0.717, 1.165) is 18.2 Å². The highest BCUT2D eigenvalue weighted by atomic mass is 79.9. The molecule has 2 aromatic carbocycles. The van der Waals surface area contributed by atoms with Crippen LogP contribution in [0, 0.1) is 25.6 Å². The summed E-state index contributed by atoms with van der Waals surface area (Å²) in [6.45, 7) is 4.30. The van der Waals surface area contributed by atoms with E-state index in [9.17, 15) is 4.39 Å². The van der Waals surface area contributed by atoms with E-state index in [4.69, 9.17) is 0 Å². The first-order valence-corrected chi connectivity index (χ1v) is 8.07. The highest BCUT2D eigenvalue weighted by molar-refractivity contribution is 9.09. The number of hydrogen-bond acceptors (Lipinski definition) is 0. The second-order valence-corrected chi connectivity index (χ2v) is 6.13. The Kier molecular flexibility index (Phi) is 5.36. The van der Waals surface area contributed by atoms with Crippen LogP contribution in [0.1, 0.15) is 22.3 Å². The maximum Gasteiger partial charge on any atom is 0.123 e. The molecule has 106 valence electrons. The molecule has 2 aromatic rings. The summed E-state index contributed by atoms with van der Waals surface area (Å²) in [4.78, 5) is 0. The SMILES string of the molecule is Cc1ccc(C)c(CC(CBr)Cc2ccc(F)cc2)c1. The van der Waals surface area contributed by atoms with Crippen LogP contribution in [-0.4, -0.2) is 5.33 Å². The zero-order valence-corrected chi connectivity index (χ0v) is 13.6. The van der Waals surface area contributed by atoms with Crippen LogP contribution < -0.4 is 0 Å². The van der Waals surface area contributed by atoms with E-state index in [2.05, 4.69) is 48.0 Å². The van der Waals surface area contributed by atoms with Crippen molar-refractivity contribution in [1.82, 2.24) is 0 Å².